The van der Waals surface area contributed by atoms with E-state index in [1.54, 1.807) is 30.0 Å². The molecule has 6 heteroatoms. The Morgan fingerprint density at radius 3 is 2.73 bits per heavy atom. The number of fused-ring (bicyclic) bond motifs is 1. The Kier molecular flexibility index (Phi) is 6.98. The van der Waals surface area contributed by atoms with Gasteiger partial charge in [0.2, 0.25) is 0 Å². The molecular weight excluding hydrogens is 380 g/mol. The van der Waals surface area contributed by atoms with Crippen molar-refractivity contribution in [3.05, 3.63) is 47.5 Å². The SMILES string of the molecule is CCCCCN1C(=O)C(C)Oc2ccc(NC(=O)COc3cc(C)ccc3C)cc21. The van der Waals surface area contributed by atoms with Crippen molar-refractivity contribution in [2.45, 2.75) is 53.1 Å². The smallest absolute Gasteiger partial charge is 0.267 e. The van der Waals surface area contributed by atoms with Crippen LogP contribution in [0.3, 0.4) is 0 Å². The summed E-state index contributed by atoms with van der Waals surface area (Å²) in [5, 5.41) is 2.85. The second kappa shape index (κ2) is 9.65. The highest BCUT2D eigenvalue weighted by molar-refractivity contribution is 6.01. The third-order valence-electron chi connectivity index (χ3n) is 5.14. The number of rotatable bonds is 8. The van der Waals surface area contributed by atoms with Crippen LogP contribution in [0.15, 0.2) is 36.4 Å². The minimum Gasteiger partial charge on any atom is -0.483 e. The zero-order chi connectivity index (χ0) is 21.7. The van der Waals surface area contributed by atoms with Crippen molar-refractivity contribution in [2.75, 3.05) is 23.4 Å². The van der Waals surface area contributed by atoms with E-state index in [1.165, 1.54) is 0 Å². The van der Waals surface area contributed by atoms with E-state index in [2.05, 4.69) is 12.2 Å². The first-order valence-electron chi connectivity index (χ1n) is 10.5. The predicted octanol–water partition coefficient (Wildman–Crippen LogP) is 4.63. The Hall–Kier alpha value is -3.02. The van der Waals surface area contributed by atoms with Crippen molar-refractivity contribution in [1.29, 1.82) is 0 Å². The van der Waals surface area contributed by atoms with Gasteiger partial charge >= 0.3 is 0 Å². The fraction of sp³-hybridized carbons (Fsp3) is 0.417. The van der Waals surface area contributed by atoms with Gasteiger partial charge in [-0.05, 0) is 62.6 Å². The van der Waals surface area contributed by atoms with Gasteiger partial charge in [0.05, 0.1) is 5.69 Å². The lowest BCUT2D eigenvalue weighted by Crippen LogP contribution is -2.44. The number of nitrogens with one attached hydrogen (secondary N) is 1. The Labute approximate surface area is 178 Å². The maximum atomic E-state index is 12.6. The van der Waals surface area contributed by atoms with Gasteiger partial charge < -0.3 is 19.7 Å². The molecule has 2 aromatic rings. The van der Waals surface area contributed by atoms with Crippen LogP contribution in [0.5, 0.6) is 11.5 Å². The zero-order valence-electron chi connectivity index (χ0n) is 18.2. The predicted molar refractivity (Wildman–Crippen MR) is 118 cm³/mol. The molecular formula is C24H30N2O4. The van der Waals surface area contributed by atoms with Gasteiger partial charge in [0.1, 0.15) is 11.5 Å². The van der Waals surface area contributed by atoms with E-state index in [9.17, 15) is 9.59 Å². The van der Waals surface area contributed by atoms with Gasteiger partial charge in [0, 0.05) is 12.2 Å². The van der Waals surface area contributed by atoms with Gasteiger partial charge in [-0.2, -0.15) is 0 Å². The summed E-state index contributed by atoms with van der Waals surface area (Å²) >= 11 is 0. The Balaban J connectivity index is 1.69. The van der Waals surface area contributed by atoms with E-state index in [-0.39, 0.29) is 18.4 Å². The van der Waals surface area contributed by atoms with Gasteiger partial charge in [-0.1, -0.05) is 31.9 Å². The molecule has 0 bridgehead atoms. The molecule has 0 radical (unpaired) electrons. The molecule has 1 heterocycles. The van der Waals surface area contributed by atoms with E-state index in [0.717, 1.165) is 30.4 Å². The number of ether oxygens (including phenoxy) is 2. The molecule has 0 fully saturated rings. The molecule has 1 atom stereocenters. The number of nitrogens with zero attached hydrogens (tertiary/aromatic N) is 1. The monoisotopic (exact) mass is 410 g/mol. The second-order valence-electron chi connectivity index (χ2n) is 7.75. The fourth-order valence-electron chi connectivity index (χ4n) is 3.44. The maximum Gasteiger partial charge on any atom is 0.267 e. The van der Waals surface area contributed by atoms with Crippen molar-refractivity contribution in [3.63, 3.8) is 0 Å². The lowest BCUT2D eigenvalue weighted by molar-refractivity contribution is -0.125. The number of aryl methyl sites for hydroxylation is 2. The molecule has 30 heavy (non-hydrogen) atoms. The van der Waals surface area contributed by atoms with E-state index >= 15 is 0 Å². The fourth-order valence-corrected chi connectivity index (χ4v) is 3.44. The molecule has 0 aromatic heterocycles. The van der Waals surface area contributed by atoms with E-state index < -0.39 is 6.10 Å². The molecule has 1 aliphatic heterocycles. The van der Waals surface area contributed by atoms with Gasteiger partial charge in [0.15, 0.2) is 12.7 Å². The summed E-state index contributed by atoms with van der Waals surface area (Å²) in [4.78, 5) is 26.8. The molecule has 160 valence electrons. The molecule has 0 spiro atoms. The number of hydrogen-bond acceptors (Lipinski definition) is 4. The van der Waals surface area contributed by atoms with Crippen molar-refractivity contribution >= 4 is 23.2 Å². The lowest BCUT2D eigenvalue weighted by atomic mass is 10.1. The topological polar surface area (TPSA) is 67.9 Å². The molecule has 1 aliphatic rings. The zero-order valence-corrected chi connectivity index (χ0v) is 18.2. The number of carbonyl (C=O) groups excluding carboxylic acids is 2. The van der Waals surface area contributed by atoms with Crippen molar-refractivity contribution in [1.82, 2.24) is 0 Å². The highest BCUT2D eigenvalue weighted by Gasteiger charge is 2.31. The molecule has 6 nitrogen and oxygen atoms in total. The first kappa shape index (κ1) is 21.7. The van der Waals surface area contributed by atoms with Gasteiger partial charge in [-0.25, -0.2) is 0 Å². The van der Waals surface area contributed by atoms with Crippen LogP contribution in [0.4, 0.5) is 11.4 Å². The number of amides is 2. The summed E-state index contributed by atoms with van der Waals surface area (Å²) in [6.45, 7) is 8.37. The minimum atomic E-state index is -0.509. The van der Waals surface area contributed by atoms with Crippen LogP contribution in [0.25, 0.3) is 0 Å². The summed E-state index contributed by atoms with van der Waals surface area (Å²) in [5.41, 5.74) is 3.36. The van der Waals surface area contributed by atoms with Gasteiger partial charge in [-0.15, -0.1) is 0 Å². The van der Waals surface area contributed by atoms with Gasteiger partial charge in [-0.3, -0.25) is 9.59 Å². The van der Waals surface area contributed by atoms with E-state index in [1.807, 2.05) is 32.0 Å². The Bertz CT molecular complexity index is 925. The number of anilines is 2. The quantitative estimate of drug-likeness (QED) is 0.645. The van der Waals surface area contributed by atoms with Crippen LogP contribution >= 0.6 is 0 Å². The van der Waals surface area contributed by atoms with Crippen LogP contribution in [0, 0.1) is 13.8 Å². The highest BCUT2D eigenvalue weighted by Crippen LogP contribution is 2.36. The summed E-state index contributed by atoms with van der Waals surface area (Å²) in [6.07, 6.45) is 2.55. The Morgan fingerprint density at radius 1 is 1.17 bits per heavy atom. The van der Waals surface area contributed by atoms with Crippen LogP contribution in [-0.4, -0.2) is 31.1 Å². The molecule has 1 unspecified atom stereocenters. The Morgan fingerprint density at radius 2 is 1.97 bits per heavy atom. The first-order chi connectivity index (χ1) is 14.4. The number of hydrogen-bond donors (Lipinski definition) is 1. The molecule has 0 saturated heterocycles. The van der Waals surface area contributed by atoms with Crippen molar-refractivity contribution in [3.8, 4) is 11.5 Å². The number of benzene rings is 2. The average molecular weight is 411 g/mol. The largest absolute Gasteiger partial charge is 0.483 e. The van der Waals surface area contributed by atoms with Gasteiger partial charge in [0.25, 0.3) is 11.8 Å². The standard InChI is InChI=1S/C24H30N2O4/c1-5-6-7-12-26-20-14-19(10-11-21(20)30-18(4)24(26)28)25-23(27)15-29-22-13-16(2)8-9-17(22)3/h8-11,13-14,18H,5-7,12,15H2,1-4H3,(H,25,27). The summed E-state index contributed by atoms with van der Waals surface area (Å²) in [5.74, 6) is 1.04. The molecule has 0 aliphatic carbocycles. The van der Waals surface area contributed by atoms with Crippen LogP contribution < -0.4 is 19.7 Å². The molecule has 0 saturated carbocycles. The van der Waals surface area contributed by atoms with Crippen molar-refractivity contribution < 1.29 is 19.1 Å². The maximum absolute atomic E-state index is 12.6. The first-order valence-corrected chi connectivity index (χ1v) is 10.5. The number of carbonyl (C=O) groups is 2. The summed E-state index contributed by atoms with van der Waals surface area (Å²) < 4.78 is 11.4. The minimum absolute atomic E-state index is 0.0552. The lowest BCUT2D eigenvalue weighted by Gasteiger charge is -2.33. The molecule has 2 aromatic carbocycles. The summed E-state index contributed by atoms with van der Waals surface area (Å²) in [7, 11) is 0. The molecule has 1 N–H and O–H groups in total. The van der Waals surface area contributed by atoms with E-state index in [0.29, 0.717) is 29.4 Å². The second-order valence-corrected chi connectivity index (χ2v) is 7.75. The van der Waals surface area contributed by atoms with Crippen LogP contribution in [0.2, 0.25) is 0 Å². The molecule has 3 rings (SSSR count). The van der Waals surface area contributed by atoms with Crippen molar-refractivity contribution in [2.24, 2.45) is 0 Å². The van der Waals surface area contributed by atoms with Crippen LogP contribution in [0.1, 0.15) is 44.2 Å². The third kappa shape index (κ3) is 5.12. The number of unbranched alkanes of at least 4 members (excludes halogenated alkanes) is 2. The van der Waals surface area contributed by atoms with Crippen LogP contribution in [-0.2, 0) is 9.59 Å². The van der Waals surface area contributed by atoms with E-state index in [4.69, 9.17) is 9.47 Å². The third-order valence-corrected chi connectivity index (χ3v) is 5.14. The summed E-state index contributed by atoms with van der Waals surface area (Å²) in [6, 6.07) is 11.3. The molecule has 2 amide bonds. The normalized spacial score (nSPS) is 15.4. The highest BCUT2D eigenvalue weighted by atomic mass is 16.5. The average Bonchev–Trinajstić information content (AvgIpc) is 2.72.